The number of benzene rings is 1. The molecule has 1 aromatic heterocycles. The normalized spacial score (nSPS) is 18.3. The zero-order valence-electron chi connectivity index (χ0n) is 15.8. The lowest BCUT2D eigenvalue weighted by molar-refractivity contribution is 0.0697. The van der Waals surface area contributed by atoms with Crippen molar-refractivity contribution in [2.45, 2.75) is 44.4 Å². The van der Waals surface area contributed by atoms with Crippen LogP contribution in [0.2, 0.25) is 0 Å². The molecule has 2 amide bonds. The van der Waals surface area contributed by atoms with E-state index in [0.29, 0.717) is 18.0 Å². The highest BCUT2D eigenvalue weighted by molar-refractivity contribution is 5.87. The van der Waals surface area contributed by atoms with Crippen LogP contribution >= 0.6 is 0 Å². The summed E-state index contributed by atoms with van der Waals surface area (Å²) in [6.45, 7) is 0.328. The van der Waals surface area contributed by atoms with E-state index in [4.69, 9.17) is 15.1 Å². The van der Waals surface area contributed by atoms with Crippen molar-refractivity contribution in [2.24, 2.45) is 0 Å². The summed E-state index contributed by atoms with van der Waals surface area (Å²) in [4.78, 5) is 27.1. The number of nitriles is 1. The van der Waals surface area contributed by atoms with E-state index in [9.17, 15) is 9.59 Å². The average molecular weight is 394 g/mol. The van der Waals surface area contributed by atoms with Gasteiger partial charge in [0.1, 0.15) is 12.2 Å². The molecular weight excluding hydrogens is 372 g/mol. The van der Waals surface area contributed by atoms with Crippen molar-refractivity contribution >= 4 is 12.0 Å². The fraction of sp³-hybridized carbons (Fsp3) is 0.333. The Bertz CT molecular complexity index is 882. The molecule has 1 heterocycles. The van der Waals surface area contributed by atoms with Crippen molar-refractivity contribution in [1.29, 1.82) is 5.26 Å². The third-order valence-electron chi connectivity index (χ3n) is 4.82. The second-order valence-corrected chi connectivity index (χ2v) is 6.92. The van der Waals surface area contributed by atoms with Gasteiger partial charge in [0.25, 0.3) is 0 Å². The van der Waals surface area contributed by atoms with Crippen LogP contribution < -0.4 is 15.4 Å². The molecule has 1 aliphatic rings. The van der Waals surface area contributed by atoms with Crippen molar-refractivity contribution < 1.29 is 19.4 Å². The number of nitrogens with zero attached hydrogens (tertiary/aromatic N) is 2. The highest BCUT2D eigenvalue weighted by atomic mass is 16.5. The van der Waals surface area contributed by atoms with Gasteiger partial charge >= 0.3 is 12.0 Å². The molecule has 1 aromatic carbocycles. The van der Waals surface area contributed by atoms with Gasteiger partial charge in [-0.3, -0.25) is 0 Å². The Hall–Kier alpha value is -3.60. The lowest BCUT2D eigenvalue weighted by Crippen LogP contribution is -2.44. The van der Waals surface area contributed by atoms with Gasteiger partial charge in [0.2, 0.25) is 5.88 Å². The van der Waals surface area contributed by atoms with Crippen molar-refractivity contribution in [2.75, 3.05) is 0 Å². The molecule has 0 radical (unpaired) electrons. The van der Waals surface area contributed by atoms with Crippen LogP contribution in [0, 0.1) is 11.3 Å². The second kappa shape index (κ2) is 9.55. The Morgan fingerprint density at radius 2 is 1.86 bits per heavy atom. The van der Waals surface area contributed by atoms with Gasteiger partial charge in [0.15, 0.2) is 0 Å². The van der Waals surface area contributed by atoms with Crippen LogP contribution in [0.15, 0.2) is 42.6 Å². The van der Waals surface area contributed by atoms with Crippen molar-refractivity contribution in [3.8, 4) is 11.9 Å². The predicted octanol–water partition coefficient (Wildman–Crippen LogP) is 2.84. The molecule has 29 heavy (non-hydrogen) atoms. The molecule has 8 heteroatoms. The molecule has 0 bridgehead atoms. The molecule has 1 fully saturated rings. The summed E-state index contributed by atoms with van der Waals surface area (Å²) < 4.78 is 5.85. The van der Waals surface area contributed by atoms with E-state index >= 15 is 0 Å². The summed E-state index contributed by atoms with van der Waals surface area (Å²) in [5, 5.41) is 23.4. The first-order valence-electron chi connectivity index (χ1n) is 9.43. The van der Waals surface area contributed by atoms with Crippen molar-refractivity contribution in [3.05, 3.63) is 59.3 Å². The number of nitrogens with one attached hydrogen (secondary N) is 2. The number of carboxylic acids is 1. The number of urea groups is 1. The van der Waals surface area contributed by atoms with Crippen LogP contribution in [-0.4, -0.2) is 34.2 Å². The van der Waals surface area contributed by atoms with Gasteiger partial charge in [-0.1, -0.05) is 12.1 Å². The van der Waals surface area contributed by atoms with Crippen LogP contribution in [0.25, 0.3) is 0 Å². The Kier molecular flexibility index (Phi) is 6.63. The zero-order chi connectivity index (χ0) is 20.6. The van der Waals surface area contributed by atoms with E-state index in [2.05, 4.69) is 15.6 Å². The van der Waals surface area contributed by atoms with E-state index in [1.807, 2.05) is 6.07 Å². The topological polar surface area (TPSA) is 124 Å². The van der Waals surface area contributed by atoms with Gasteiger partial charge in [-0.2, -0.15) is 5.26 Å². The number of ether oxygens (including phenoxy) is 1. The predicted molar refractivity (Wildman–Crippen MR) is 104 cm³/mol. The number of hydrogen-bond donors (Lipinski definition) is 3. The van der Waals surface area contributed by atoms with Gasteiger partial charge < -0.3 is 20.5 Å². The van der Waals surface area contributed by atoms with E-state index < -0.39 is 5.97 Å². The maximum atomic E-state index is 12.1. The smallest absolute Gasteiger partial charge is 0.335 e. The number of carboxylic acid groups (broad SMARTS) is 1. The number of aromatic carboxylic acids is 1. The fourth-order valence-electron chi connectivity index (χ4n) is 3.20. The Labute approximate surface area is 168 Å². The molecule has 0 aliphatic heterocycles. The molecule has 2 aromatic rings. The number of carbonyl (C=O) groups excluding carboxylic acids is 1. The summed E-state index contributed by atoms with van der Waals surface area (Å²) in [5.41, 5.74) is 1.54. The lowest BCUT2D eigenvalue weighted by Gasteiger charge is -2.29. The third-order valence-corrected chi connectivity index (χ3v) is 4.82. The third kappa shape index (κ3) is 5.94. The first-order chi connectivity index (χ1) is 14.0. The van der Waals surface area contributed by atoms with Crippen LogP contribution in [0.4, 0.5) is 4.79 Å². The minimum absolute atomic E-state index is 0.0456. The molecule has 1 saturated carbocycles. The van der Waals surface area contributed by atoms with Crippen LogP contribution in [0.5, 0.6) is 5.88 Å². The summed E-state index contributed by atoms with van der Waals surface area (Å²) >= 11 is 0. The highest BCUT2D eigenvalue weighted by Gasteiger charge is 2.23. The van der Waals surface area contributed by atoms with Crippen LogP contribution in [-0.2, 0) is 6.54 Å². The van der Waals surface area contributed by atoms with Crippen LogP contribution in [0.3, 0.4) is 0 Å². The molecule has 150 valence electrons. The van der Waals surface area contributed by atoms with Gasteiger partial charge in [-0.15, -0.1) is 0 Å². The maximum Gasteiger partial charge on any atom is 0.335 e. The van der Waals surface area contributed by atoms with Crippen molar-refractivity contribution in [1.82, 2.24) is 15.6 Å². The molecule has 3 rings (SSSR count). The minimum atomic E-state index is -0.975. The molecule has 3 N–H and O–H groups in total. The van der Waals surface area contributed by atoms with Gasteiger partial charge in [0, 0.05) is 24.8 Å². The lowest BCUT2D eigenvalue weighted by atomic mass is 9.93. The Morgan fingerprint density at radius 3 is 2.45 bits per heavy atom. The second-order valence-electron chi connectivity index (χ2n) is 6.92. The summed E-state index contributed by atoms with van der Waals surface area (Å²) in [6, 6.07) is 11.6. The zero-order valence-corrected chi connectivity index (χ0v) is 15.8. The molecule has 0 unspecified atom stereocenters. The first-order valence-corrected chi connectivity index (χ1v) is 9.43. The quantitative estimate of drug-likeness (QED) is 0.692. The number of hydrogen-bond acceptors (Lipinski definition) is 5. The van der Waals surface area contributed by atoms with Gasteiger partial charge in [-0.05, 0) is 49.4 Å². The molecule has 0 spiro atoms. The summed E-state index contributed by atoms with van der Waals surface area (Å²) in [7, 11) is 0. The number of aromatic nitrogens is 1. The largest absolute Gasteiger partial charge is 0.478 e. The average Bonchev–Trinajstić information content (AvgIpc) is 2.74. The van der Waals surface area contributed by atoms with E-state index in [0.717, 1.165) is 31.2 Å². The molecule has 0 saturated heterocycles. The fourth-order valence-corrected chi connectivity index (χ4v) is 3.20. The SMILES string of the molecule is N#Cc1ccc(OC2CCC(NC(=O)NCc3ccc(C(=O)O)cc3)CC2)nc1. The molecular formula is C21H22N4O4. The first kappa shape index (κ1) is 20.1. The van der Waals surface area contributed by atoms with Crippen LogP contribution in [0.1, 0.15) is 47.2 Å². The Morgan fingerprint density at radius 1 is 1.14 bits per heavy atom. The Balaban J connectivity index is 1.37. The summed E-state index contributed by atoms with van der Waals surface area (Å²) in [5.74, 6) is -0.469. The maximum absolute atomic E-state index is 12.1. The molecule has 8 nitrogen and oxygen atoms in total. The molecule has 1 aliphatic carbocycles. The standard InChI is InChI=1S/C21H22N4O4/c22-11-15-3-10-19(23-13-15)29-18-8-6-17(7-9-18)25-21(28)24-12-14-1-4-16(5-2-14)20(26)27/h1-5,10,13,17-18H,6-9,12H2,(H,26,27)(H2,24,25,28). The van der Waals surface area contributed by atoms with E-state index in [-0.39, 0.29) is 23.7 Å². The number of carbonyl (C=O) groups is 2. The monoisotopic (exact) mass is 394 g/mol. The number of amides is 2. The number of rotatable bonds is 6. The number of pyridine rings is 1. The van der Waals surface area contributed by atoms with Crippen molar-refractivity contribution in [3.63, 3.8) is 0 Å². The minimum Gasteiger partial charge on any atom is -0.478 e. The highest BCUT2D eigenvalue weighted by Crippen LogP contribution is 2.23. The molecule has 0 atom stereocenters. The summed E-state index contributed by atoms with van der Waals surface area (Å²) in [6.07, 6.45) is 4.77. The van der Waals surface area contributed by atoms with Gasteiger partial charge in [-0.25, -0.2) is 14.6 Å². The van der Waals surface area contributed by atoms with Gasteiger partial charge in [0.05, 0.1) is 11.1 Å². The van der Waals surface area contributed by atoms with E-state index in [1.165, 1.54) is 18.3 Å². The van der Waals surface area contributed by atoms with E-state index in [1.54, 1.807) is 24.3 Å².